The van der Waals surface area contributed by atoms with E-state index in [0.29, 0.717) is 6.54 Å². The van der Waals surface area contributed by atoms with Crippen LogP contribution in [0.2, 0.25) is 0 Å². The summed E-state index contributed by atoms with van der Waals surface area (Å²) in [5.74, 6) is -0.288. The summed E-state index contributed by atoms with van der Waals surface area (Å²) in [7, 11) is 0. The zero-order valence-electron chi connectivity index (χ0n) is 10.7. The van der Waals surface area contributed by atoms with E-state index < -0.39 is 15.9 Å². The van der Waals surface area contributed by atoms with E-state index in [1.165, 1.54) is 0 Å². The predicted octanol–water partition coefficient (Wildman–Crippen LogP) is 2.27. The Balaban J connectivity index is 2.44. The lowest BCUT2D eigenvalue weighted by Gasteiger charge is -2.33. The Kier molecular flexibility index (Phi) is 3.08. The van der Waals surface area contributed by atoms with E-state index in [-0.39, 0.29) is 11.4 Å². The first-order valence-corrected chi connectivity index (χ1v) is 6.62. The first-order chi connectivity index (χ1) is 8.10. The van der Waals surface area contributed by atoms with E-state index >= 15 is 0 Å². The van der Waals surface area contributed by atoms with Crippen molar-refractivity contribution in [2.75, 3.05) is 6.54 Å². The molecule has 3 nitrogen and oxygen atoms in total. The van der Waals surface area contributed by atoms with E-state index in [9.17, 15) is 9.90 Å². The molecule has 2 aliphatic rings. The molecule has 0 bridgehead atoms. The molecule has 1 heterocycles. The van der Waals surface area contributed by atoms with Gasteiger partial charge in [-0.2, -0.15) is 0 Å². The summed E-state index contributed by atoms with van der Waals surface area (Å²) in [4.78, 5) is 14.0. The lowest BCUT2D eigenvalue weighted by Crippen LogP contribution is -2.44. The van der Waals surface area contributed by atoms with Crippen molar-refractivity contribution >= 4 is 29.1 Å². The van der Waals surface area contributed by atoms with Gasteiger partial charge in [-0.1, -0.05) is 47.5 Å². The highest BCUT2D eigenvalue weighted by Gasteiger charge is 2.62. The van der Waals surface area contributed by atoms with E-state index in [0.717, 1.165) is 0 Å². The van der Waals surface area contributed by atoms with E-state index in [1.54, 1.807) is 29.2 Å². The van der Waals surface area contributed by atoms with Crippen molar-refractivity contribution < 1.29 is 9.90 Å². The smallest absolute Gasteiger partial charge is 0.260 e. The molecule has 2 rings (SSSR count). The molecule has 1 spiro atoms. The third-order valence-electron chi connectivity index (χ3n) is 3.51. The van der Waals surface area contributed by atoms with Gasteiger partial charge in [0.1, 0.15) is 0 Å². The maximum atomic E-state index is 12.4. The van der Waals surface area contributed by atoms with Crippen molar-refractivity contribution in [1.29, 1.82) is 0 Å². The lowest BCUT2D eigenvalue weighted by molar-refractivity contribution is -0.132. The predicted molar refractivity (Wildman–Crippen MR) is 72.6 cm³/mol. The third-order valence-corrected chi connectivity index (χ3v) is 4.54. The molecule has 0 saturated carbocycles. The molecule has 0 aromatic heterocycles. The molecular formula is C13H17Cl2NO2. The summed E-state index contributed by atoms with van der Waals surface area (Å²) in [6.45, 7) is 6.25. The second kappa shape index (κ2) is 3.99. The van der Waals surface area contributed by atoms with Crippen LogP contribution in [0.25, 0.3) is 0 Å². The summed E-state index contributed by atoms with van der Waals surface area (Å²) < 4.78 is -1.52. The standard InChI is InChI=1S/C13H17Cl2NO2/c1-11(2,3)16-8-12(13(14,15)10(16)18)6-4-9(17)5-7-12/h4-7,9,17H,8H2,1-3H3. The highest BCUT2D eigenvalue weighted by atomic mass is 35.5. The summed E-state index contributed by atoms with van der Waals surface area (Å²) in [5.41, 5.74) is -1.10. The molecule has 1 amide bonds. The van der Waals surface area contributed by atoms with Crippen LogP contribution in [0, 0.1) is 5.41 Å². The van der Waals surface area contributed by atoms with Gasteiger partial charge < -0.3 is 10.0 Å². The van der Waals surface area contributed by atoms with Crippen LogP contribution in [-0.2, 0) is 4.79 Å². The molecule has 0 aromatic rings. The minimum Gasteiger partial charge on any atom is -0.385 e. The number of halogens is 2. The number of aliphatic hydroxyl groups is 1. The van der Waals surface area contributed by atoms with Gasteiger partial charge in [0.25, 0.3) is 5.91 Å². The number of alkyl halides is 2. The van der Waals surface area contributed by atoms with Crippen molar-refractivity contribution in [3.05, 3.63) is 24.3 Å². The third kappa shape index (κ3) is 1.89. The second-order valence-corrected chi connectivity index (χ2v) is 7.21. The average Bonchev–Trinajstić information content (AvgIpc) is 2.44. The van der Waals surface area contributed by atoms with E-state index in [4.69, 9.17) is 23.2 Å². The summed E-state index contributed by atoms with van der Waals surface area (Å²) in [5, 5.41) is 9.46. The Labute approximate surface area is 117 Å². The molecule has 0 radical (unpaired) electrons. The number of likely N-dealkylation sites (tertiary alicyclic amines) is 1. The van der Waals surface area contributed by atoms with Crippen molar-refractivity contribution in [3.8, 4) is 0 Å². The van der Waals surface area contributed by atoms with Gasteiger partial charge in [0.15, 0.2) is 0 Å². The Morgan fingerprint density at radius 1 is 1.33 bits per heavy atom. The summed E-state index contributed by atoms with van der Waals surface area (Å²) >= 11 is 12.6. The van der Waals surface area contributed by atoms with Crippen LogP contribution >= 0.6 is 23.2 Å². The van der Waals surface area contributed by atoms with E-state index in [1.807, 2.05) is 20.8 Å². The van der Waals surface area contributed by atoms with Crippen LogP contribution < -0.4 is 0 Å². The summed E-state index contributed by atoms with van der Waals surface area (Å²) in [6, 6.07) is 0. The molecule has 0 atom stereocenters. The molecule has 1 saturated heterocycles. The molecular weight excluding hydrogens is 273 g/mol. The molecule has 1 fully saturated rings. The zero-order valence-corrected chi connectivity index (χ0v) is 12.2. The van der Waals surface area contributed by atoms with Gasteiger partial charge in [0.05, 0.1) is 11.5 Å². The number of aliphatic hydroxyl groups excluding tert-OH is 1. The quantitative estimate of drug-likeness (QED) is 0.549. The van der Waals surface area contributed by atoms with Gasteiger partial charge in [-0.3, -0.25) is 4.79 Å². The van der Waals surface area contributed by atoms with Crippen LogP contribution in [-0.4, -0.2) is 38.4 Å². The minimum atomic E-state index is -1.52. The normalized spacial score (nSPS) is 34.7. The monoisotopic (exact) mass is 289 g/mol. The minimum absolute atomic E-state index is 0.288. The molecule has 1 aliphatic carbocycles. The molecule has 0 aromatic carbocycles. The van der Waals surface area contributed by atoms with Crippen LogP contribution in [0.5, 0.6) is 0 Å². The van der Waals surface area contributed by atoms with Gasteiger partial charge in [0, 0.05) is 12.1 Å². The highest BCUT2D eigenvalue weighted by molar-refractivity contribution is 6.59. The molecule has 100 valence electrons. The average molecular weight is 290 g/mol. The SMILES string of the molecule is CC(C)(C)N1CC2(C=CC(O)C=C2)C(Cl)(Cl)C1=O. The van der Waals surface area contributed by atoms with Gasteiger partial charge in [-0.05, 0) is 20.8 Å². The molecule has 0 unspecified atom stereocenters. The van der Waals surface area contributed by atoms with Crippen LogP contribution in [0.1, 0.15) is 20.8 Å². The fraction of sp³-hybridized carbons (Fsp3) is 0.615. The number of hydrogen-bond donors (Lipinski definition) is 1. The maximum absolute atomic E-state index is 12.4. The van der Waals surface area contributed by atoms with Crippen molar-refractivity contribution in [3.63, 3.8) is 0 Å². The Morgan fingerprint density at radius 2 is 1.83 bits per heavy atom. The Hall–Kier alpha value is -0.510. The fourth-order valence-corrected chi connectivity index (χ4v) is 2.89. The topological polar surface area (TPSA) is 40.5 Å². The molecule has 1 aliphatic heterocycles. The molecule has 18 heavy (non-hydrogen) atoms. The van der Waals surface area contributed by atoms with Crippen molar-refractivity contribution in [2.24, 2.45) is 5.41 Å². The van der Waals surface area contributed by atoms with Gasteiger partial charge in [-0.25, -0.2) is 0 Å². The second-order valence-electron chi connectivity index (χ2n) is 5.89. The largest absolute Gasteiger partial charge is 0.385 e. The number of nitrogens with zero attached hydrogens (tertiary/aromatic N) is 1. The number of rotatable bonds is 0. The van der Waals surface area contributed by atoms with Crippen molar-refractivity contribution in [2.45, 2.75) is 36.7 Å². The Bertz CT molecular complexity index is 421. The number of hydrogen-bond acceptors (Lipinski definition) is 2. The van der Waals surface area contributed by atoms with Crippen LogP contribution in [0.3, 0.4) is 0 Å². The van der Waals surface area contributed by atoms with E-state index in [2.05, 4.69) is 0 Å². The molecule has 5 heteroatoms. The maximum Gasteiger partial charge on any atom is 0.260 e. The highest BCUT2D eigenvalue weighted by Crippen LogP contribution is 2.53. The number of carbonyl (C=O) groups is 1. The number of amides is 1. The lowest BCUT2D eigenvalue weighted by atomic mass is 9.82. The van der Waals surface area contributed by atoms with Gasteiger partial charge in [-0.15, -0.1) is 0 Å². The van der Waals surface area contributed by atoms with Crippen molar-refractivity contribution in [1.82, 2.24) is 4.90 Å². The summed E-state index contributed by atoms with van der Waals surface area (Å²) in [6.07, 6.45) is 6.05. The molecule has 1 N–H and O–H groups in total. The van der Waals surface area contributed by atoms with Crippen LogP contribution in [0.15, 0.2) is 24.3 Å². The zero-order chi connectivity index (χ0) is 13.8. The number of carbonyl (C=O) groups excluding carboxylic acids is 1. The first-order valence-electron chi connectivity index (χ1n) is 5.87. The first kappa shape index (κ1) is 13.9. The van der Waals surface area contributed by atoms with Gasteiger partial charge >= 0.3 is 0 Å². The fourth-order valence-electron chi connectivity index (χ4n) is 2.32. The Morgan fingerprint density at radius 3 is 2.22 bits per heavy atom. The van der Waals surface area contributed by atoms with Gasteiger partial charge in [0.2, 0.25) is 4.33 Å². The van der Waals surface area contributed by atoms with Crippen LogP contribution in [0.4, 0.5) is 0 Å².